The maximum absolute atomic E-state index is 9.94. The van der Waals surface area contributed by atoms with Crippen molar-refractivity contribution in [3.63, 3.8) is 0 Å². The summed E-state index contributed by atoms with van der Waals surface area (Å²) >= 11 is 0. The standard InChI is InChI=1S/C16H18O3/c1-3-10-6-5-7-11(8-10)13-9-14(17)16(19)15(18)12(13)4-2/h5-9,17-19H,3-4H2,1-2H3. The molecule has 2 aromatic carbocycles. The maximum atomic E-state index is 9.94. The third kappa shape index (κ3) is 2.36. The summed E-state index contributed by atoms with van der Waals surface area (Å²) in [5.74, 6) is -0.988. The second-order valence-corrected chi connectivity index (χ2v) is 4.53. The first-order valence-corrected chi connectivity index (χ1v) is 6.44. The first-order valence-electron chi connectivity index (χ1n) is 6.44. The normalized spacial score (nSPS) is 10.6. The van der Waals surface area contributed by atoms with Crippen LogP contribution in [0.4, 0.5) is 0 Å². The van der Waals surface area contributed by atoms with Crippen molar-refractivity contribution in [3.05, 3.63) is 41.5 Å². The molecule has 0 radical (unpaired) electrons. The molecular weight excluding hydrogens is 240 g/mol. The quantitative estimate of drug-likeness (QED) is 0.737. The fourth-order valence-electron chi connectivity index (χ4n) is 2.26. The van der Waals surface area contributed by atoms with Crippen LogP contribution in [0.2, 0.25) is 0 Å². The molecule has 0 saturated heterocycles. The van der Waals surface area contributed by atoms with E-state index in [4.69, 9.17) is 0 Å². The summed E-state index contributed by atoms with van der Waals surface area (Å²) in [7, 11) is 0. The van der Waals surface area contributed by atoms with Gasteiger partial charge in [-0.05, 0) is 35.6 Å². The SMILES string of the molecule is CCc1cccc(-c2cc(O)c(O)c(O)c2CC)c1. The lowest BCUT2D eigenvalue weighted by Gasteiger charge is -2.13. The molecule has 0 unspecified atom stereocenters. The predicted molar refractivity (Wildman–Crippen MR) is 75.6 cm³/mol. The molecule has 0 aliphatic carbocycles. The van der Waals surface area contributed by atoms with Crippen LogP contribution in [0.25, 0.3) is 11.1 Å². The number of aryl methyl sites for hydroxylation is 1. The van der Waals surface area contributed by atoms with E-state index in [2.05, 4.69) is 6.92 Å². The van der Waals surface area contributed by atoms with E-state index in [9.17, 15) is 15.3 Å². The van der Waals surface area contributed by atoms with Gasteiger partial charge in [0.25, 0.3) is 0 Å². The monoisotopic (exact) mass is 258 g/mol. The van der Waals surface area contributed by atoms with Crippen LogP contribution in [0.3, 0.4) is 0 Å². The first-order chi connectivity index (χ1) is 9.08. The second-order valence-electron chi connectivity index (χ2n) is 4.53. The van der Waals surface area contributed by atoms with Gasteiger partial charge >= 0.3 is 0 Å². The molecule has 0 amide bonds. The molecule has 0 atom stereocenters. The molecule has 0 fully saturated rings. The Kier molecular flexibility index (Phi) is 3.65. The molecule has 0 aliphatic heterocycles. The van der Waals surface area contributed by atoms with Gasteiger partial charge in [-0.15, -0.1) is 0 Å². The Labute approximate surface area is 112 Å². The Morgan fingerprint density at radius 1 is 0.895 bits per heavy atom. The topological polar surface area (TPSA) is 60.7 Å². The van der Waals surface area contributed by atoms with Crippen LogP contribution >= 0.6 is 0 Å². The molecule has 0 saturated carbocycles. The Morgan fingerprint density at radius 3 is 2.26 bits per heavy atom. The zero-order valence-corrected chi connectivity index (χ0v) is 11.1. The van der Waals surface area contributed by atoms with Gasteiger partial charge in [0.1, 0.15) is 0 Å². The Bertz CT molecular complexity index is 603. The highest BCUT2D eigenvalue weighted by Crippen LogP contribution is 2.43. The number of phenols is 3. The van der Waals surface area contributed by atoms with Gasteiger partial charge in [0.2, 0.25) is 5.75 Å². The van der Waals surface area contributed by atoms with Crippen LogP contribution in [0.15, 0.2) is 30.3 Å². The summed E-state index contributed by atoms with van der Waals surface area (Å²) in [5.41, 5.74) is 3.52. The van der Waals surface area contributed by atoms with E-state index in [1.165, 1.54) is 11.6 Å². The van der Waals surface area contributed by atoms with Crippen molar-refractivity contribution in [1.29, 1.82) is 0 Å². The zero-order valence-electron chi connectivity index (χ0n) is 11.1. The minimum absolute atomic E-state index is 0.237. The maximum Gasteiger partial charge on any atom is 0.200 e. The smallest absolute Gasteiger partial charge is 0.200 e. The third-order valence-electron chi connectivity index (χ3n) is 3.36. The molecule has 0 aromatic heterocycles. The van der Waals surface area contributed by atoms with Crippen LogP contribution in [-0.2, 0) is 12.8 Å². The van der Waals surface area contributed by atoms with Crippen molar-refractivity contribution in [2.45, 2.75) is 26.7 Å². The number of hydrogen-bond acceptors (Lipinski definition) is 3. The molecule has 100 valence electrons. The zero-order chi connectivity index (χ0) is 14.0. The van der Waals surface area contributed by atoms with Crippen LogP contribution in [-0.4, -0.2) is 15.3 Å². The average Bonchev–Trinajstić information content (AvgIpc) is 2.44. The summed E-state index contributed by atoms with van der Waals surface area (Å²) in [6.45, 7) is 3.98. The van der Waals surface area contributed by atoms with Gasteiger partial charge in [0.15, 0.2) is 11.5 Å². The van der Waals surface area contributed by atoms with Gasteiger partial charge in [-0.2, -0.15) is 0 Å². The summed E-state index contributed by atoms with van der Waals surface area (Å²) in [4.78, 5) is 0. The highest BCUT2D eigenvalue weighted by atomic mass is 16.3. The molecule has 0 spiro atoms. The van der Waals surface area contributed by atoms with Crippen molar-refractivity contribution in [1.82, 2.24) is 0 Å². The van der Waals surface area contributed by atoms with Crippen molar-refractivity contribution >= 4 is 0 Å². The molecule has 0 heterocycles. The Morgan fingerprint density at radius 2 is 1.63 bits per heavy atom. The lowest BCUT2D eigenvalue weighted by molar-refractivity contribution is 0.365. The summed E-state index contributed by atoms with van der Waals surface area (Å²) in [5, 5.41) is 29.2. The van der Waals surface area contributed by atoms with E-state index < -0.39 is 5.75 Å². The summed E-state index contributed by atoms with van der Waals surface area (Å²) in [6, 6.07) is 9.46. The molecule has 3 nitrogen and oxygen atoms in total. The van der Waals surface area contributed by atoms with Crippen LogP contribution in [0, 0.1) is 0 Å². The lowest BCUT2D eigenvalue weighted by Crippen LogP contribution is -1.91. The molecule has 19 heavy (non-hydrogen) atoms. The van der Waals surface area contributed by atoms with E-state index in [-0.39, 0.29) is 11.5 Å². The van der Waals surface area contributed by atoms with E-state index >= 15 is 0 Å². The summed E-state index contributed by atoms with van der Waals surface area (Å²) < 4.78 is 0. The number of rotatable bonds is 3. The van der Waals surface area contributed by atoms with E-state index in [0.29, 0.717) is 12.0 Å². The van der Waals surface area contributed by atoms with Crippen molar-refractivity contribution in [3.8, 4) is 28.4 Å². The van der Waals surface area contributed by atoms with Gasteiger partial charge < -0.3 is 15.3 Å². The molecule has 2 rings (SSSR count). The minimum Gasteiger partial charge on any atom is -0.504 e. The van der Waals surface area contributed by atoms with E-state index in [0.717, 1.165) is 17.5 Å². The highest BCUT2D eigenvalue weighted by molar-refractivity contribution is 5.75. The Hall–Kier alpha value is -2.16. The van der Waals surface area contributed by atoms with Gasteiger partial charge in [-0.1, -0.05) is 38.1 Å². The van der Waals surface area contributed by atoms with Gasteiger partial charge in [0.05, 0.1) is 0 Å². The average molecular weight is 258 g/mol. The fourth-order valence-corrected chi connectivity index (χ4v) is 2.26. The van der Waals surface area contributed by atoms with Crippen LogP contribution in [0.5, 0.6) is 17.2 Å². The van der Waals surface area contributed by atoms with Crippen molar-refractivity contribution in [2.24, 2.45) is 0 Å². The number of benzene rings is 2. The van der Waals surface area contributed by atoms with Crippen molar-refractivity contribution in [2.75, 3.05) is 0 Å². The largest absolute Gasteiger partial charge is 0.504 e. The van der Waals surface area contributed by atoms with Crippen LogP contribution in [0.1, 0.15) is 25.0 Å². The number of phenolic OH excluding ortho intramolecular Hbond substituents is 3. The first kappa shape index (κ1) is 13.3. The van der Waals surface area contributed by atoms with Gasteiger partial charge in [-0.3, -0.25) is 0 Å². The highest BCUT2D eigenvalue weighted by Gasteiger charge is 2.16. The predicted octanol–water partition coefficient (Wildman–Crippen LogP) is 3.60. The fraction of sp³-hybridized carbons (Fsp3) is 0.250. The molecular formula is C16H18O3. The third-order valence-corrected chi connectivity index (χ3v) is 3.36. The number of hydrogen-bond donors (Lipinski definition) is 3. The molecule has 2 aromatic rings. The Balaban J connectivity index is 2.67. The summed E-state index contributed by atoms with van der Waals surface area (Å²) in [6.07, 6.45) is 1.50. The van der Waals surface area contributed by atoms with E-state index in [1.54, 1.807) is 0 Å². The molecule has 0 aliphatic rings. The number of aromatic hydroxyl groups is 3. The van der Waals surface area contributed by atoms with Crippen LogP contribution < -0.4 is 0 Å². The van der Waals surface area contributed by atoms with Gasteiger partial charge in [0, 0.05) is 5.56 Å². The minimum atomic E-state index is -0.452. The molecule has 3 heteroatoms. The van der Waals surface area contributed by atoms with E-state index in [1.807, 2.05) is 31.2 Å². The lowest BCUT2D eigenvalue weighted by atomic mass is 9.94. The van der Waals surface area contributed by atoms with Crippen molar-refractivity contribution < 1.29 is 15.3 Å². The molecule has 0 bridgehead atoms. The molecule has 3 N–H and O–H groups in total. The second kappa shape index (κ2) is 5.22. The van der Waals surface area contributed by atoms with Gasteiger partial charge in [-0.25, -0.2) is 0 Å².